The Balaban J connectivity index is 1.21. The number of rotatable bonds is 7. The molecule has 178 valence electrons. The summed E-state index contributed by atoms with van der Waals surface area (Å²) in [5.74, 6) is -1.73. The van der Waals surface area contributed by atoms with Crippen molar-refractivity contribution < 1.29 is 24.2 Å². The van der Waals surface area contributed by atoms with Crippen LogP contribution in [0.1, 0.15) is 33.8 Å². The second kappa shape index (κ2) is 9.43. The van der Waals surface area contributed by atoms with Crippen molar-refractivity contribution in [3.8, 4) is 11.1 Å². The number of fused-ring (bicyclic) bond motifs is 3. The average Bonchev–Trinajstić information content (AvgIpc) is 3.58. The summed E-state index contributed by atoms with van der Waals surface area (Å²) in [7, 11) is 0. The lowest BCUT2D eigenvalue weighted by molar-refractivity contribution is -0.138. The van der Waals surface area contributed by atoms with Crippen molar-refractivity contribution in [2.75, 3.05) is 18.5 Å². The Morgan fingerprint density at radius 2 is 1.63 bits per heavy atom. The van der Waals surface area contributed by atoms with Crippen molar-refractivity contribution in [2.24, 2.45) is 11.8 Å². The molecule has 2 amide bonds. The summed E-state index contributed by atoms with van der Waals surface area (Å²) in [5.41, 5.74) is 5.06. The summed E-state index contributed by atoms with van der Waals surface area (Å²) in [4.78, 5) is 36.0. The number of aliphatic carboxylic acids is 1. The Morgan fingerprint density at radius 1 is 0.971 bits per heavy atom. The molecule has 2 atom stereocenters. The maximum Gasteiger partial charge on any atom is 0.411 e. The molecule has 0 radical (unpaired) electrons. The normalized spacial score (nSPS) is 17.7. The van der Waals surface area contributed by atoms with Gasteiger partial charge in [0.1, 0.15) is 6.61 Å². The summed E-state index contributed by atoms with van der Waals surface area (Å²) in [6, 6.07) is 20.7. The van der Waals surface area contributed by atoms with Crippen molar-refractivity contribution in [3.05, 3.63) is 88.4 Å². The number of carboxylic acids is 1. The molecule has 3 aromatic carbocycles. The third-order valence-electron chi connectivity index (χ3n) is 6.57. The van der Waals surface area contributed by atoms with Crippen LogP contribution in [0.5, 0.6) is 0 Å². The predicted molar refractivity (Wildman–Crippen MR) is 132 cm³/mol. The molecule has 7 nitrogen and oxygen atoms in total. The number of halogens is 1. The van der Waals surface area contributed by atoms with Gasteiger partial charge in [-0.1, -0.05) is 60.1 Å². The zero-order chi connectivity index (χ0) is 24.5. The Morgan fingerprint density at radius 3 is 2.26 bits per heavy atom. The highest BCUT2D eigenvalue weighted by molar-refractivity contribution is 6.33. The van der Waals surface area contributed by atoms with Crippen molar-refractivity contribution in [3.63, 3.8) is 0 Å². The first-order valence-corrected chi connectivity index (χ1v) is 11.7. The second-order valence-corrected chi connectivity index (χ2v) is 9.20. The molecule has 0 bridgehead atoms. The van der Waals surface area contributed by atoms with E-state index in [0.29, 0.717) is 12.0 Å². The topological polar surface area (TPSA) is 105 Å². The highest BCUT2D eigenvalue weighted by Crippen LogP contribution is 2.44. The van der Waals surface area contributed by atoms with Crippen molar-refractivity contribution in [1.82, 2.24) is 5.32 Å². The largest absolute Gasteiger partial charge is 0.481 e. The summed E-state index contributed by atoms with van der Waals surface area (Å²) >= 11 is 6.23. The van der Waals surface area contributed by atoms with Crippen LogP contribution in [0.2, 0.25) is 5.02 Å². The number of nitrogens with one attached hydrogen (secondary N) is 2. The molecule has 0 saturated heterocycles. The lowest BCUT2D eigenvalue weighted by Gasteiger charge is -2.15. The standard InChI is InChI=1S/C27H23ClN2O5/c28-23-10-9-15(25(31)29-13-16-11-21(16)26(32)33)12-24(23)30-27(34)35-14-22-19-7-3-1-5-17(19)18-6-2-4-8-20(18)22/h1-10,12,16,21-22H,11,13-14H2,(H,29,31)(H,30,34)(H,32,33)/t16-,21-/m1/s1. The number of amides is 2. The summed E-state index contributed by atoms with van der Waals surface area (Å²) in [6.45, 7) is 0.442. The molecule has 2 aliphatic carbocycles. The van der Waals surface area contributed by atoms with E-state index in [9.17, 15) is 14.4 Å². The van der Waals surface area contributed by atoms with Crippen LogP contribution in [-0.4, -0.2) is 36.2 Å². The maximum absolute atomic E-state index is 12.6. The van der Waals surface area contributed by atoms with Gasteiger partial charge in [-0.3, -0.25) is 14.9 Å². The van der Waals surface area contributed by atoms with E-state index in [1.807, 2.05) is 36.4 Å². The van der Waals surface area contributed by atoms with E-state index in [1.165, 1.54) is 12.1 Å². The van der Waals surface area contributed by atoms with Crippen molar-refractivity contribution >= 4 is 35.3 Å². The number of hydrogen-bond acceptors (Lipinski definition) is 4. The summed E-state index contributed by atoms with van der Waals surface area (Å²) in [5, 5.41) is 14.6. The number of benzene rings is 3. The lowest BCUT2D eigenvalue weighted by atomic mass is 9.98. The van der Waals surface area contributed by atoms with Crippen LogP contribution < -0.4 is 10.6 Å². The fourth-order valence-electron chi connectivity index (χ4n) is 4.61. The molecule has 3 N–H and O–H groups in total. The van der Waals surface area contributed by atoms with Gasteiger partial charge in [0.25, 0.3) is 5.91 Å². The Hall–Kier alpha value is -3.84. The maximum atomic E-state index is 12.6. The third-order valence-corrected chi connectivity index (χ3v) is 6.90. The minimum Gasteiger partial charge on any atom is -0.481 e. The Kier molecular flexibility index (Phi) is 6.17. The van der Waals surface area contributed by atoms with Gasteiger partial charge in [0.15, 0.2) is 0 Å². The minimum absolute atomic E-state index is 0.0535. The lowest BCUT2D eigenvalue weighted by Crippen LogP contribution is -2.26. The number of ether oxygens (including phenoxy) is 1. The molecule has 0 heterocycles. The fraction of sp³-hybridized carbons (Fsp3) is 0.222. The minimum atomic E-state index is -0.842. The zero-order valence-electron chi connectivity index (χ0n) is 18.7. The van der Waals surface area contributed by atoms with Crippen molar-refractivity contribution in [1.29, 1.82) is 0 Å². The van der Waals surface area contributed by atoms with Crippen LogP contribution in [-0.2, 0) is 9.53 Å². The molecule has 3 aromatic rings. The number of carboxylic acid groups (broad SMARTS) is 1. The van der Waals surface area contributed by atoms with E-state index in [0.717, 1.165) is 22.3 Å². The second-order valence-electron chi connectivity index (χ2n) is 8.80. The van der Waals surface area contributed by atoms with Gasteiger partial charge in [-0.25, -0.2) is 4.79 Å². The molecule has 8 heteroatoms. The number of anilines is 1. The average molecular weight is 491 g/mol. The number of carbonyl (C=O) groups is 3. The highest BCUT2D eigenvalue weighted by Gasteiger charge is 2.43. The van der Waals surface area contributed by atoms with Gasteiger partial charge in [0.05, 0.1) is 16.6 Å². The molecular weight excluding hydrogens is 468 g/mol. The summed E-state index contributed by atoms with van der Waals surface area (Å²) < 4.78 is 5.56. The molecule has 2 aliphatic rings. The molecule has 0 unspecified atom stereocenters. The first kappa shape index (κ1) is 22.9. The van der Waals surface area contributed by atoms with E-state index < -0.39 is 18.0 Å². The molecule has 0 spiro atoms. The molecule has 1 fully saturated rings. The van der Waals surface area contributed by atoms with Crippen molar-refractivity contribution in [2.45, 2.75) is 12.3 Å². The van der Waals surface area contributed by atoms with Crippen LogP contribution in [0.25, 0.3) is 11.1 Å². The van der Waals surface area contributed by atoms with E-state index in [-0.39, 0.29) is 41.6 Å². The quantitative estimate of drug-likeness (QED) is 0.424. The smallest absolute Gasteiger partial charge is 0.411 e. The SMILES string of the molecule is O=C(Nc1cc(C(=O)NC[C@H]2C[C@H]2C(=O)O)ccc1Cl)OCC1c2ccccc2-c2ccccc21. The zero-order valence-corrected chi connectivity index (χ0v) is 19.4. The Bertz CT molecular complexity index is 1280. The molecular formula is C27H23ClN2O5. The monoisotopic (exact) mass is 490 g/mol. The van der Waals surface area contributed by atoms with Gasteiger partial charge in [-0.05, 0) is 52.8 Å². The molecule has 1 saturated carbocycles. The predicted octanol–water partition coefficient (Wildman–Crippen LogP) is 5.15. The van der Waals surface area contributed by atoms with Crippen LogP contribution in [0.4, 0.5) is 10.5 Å². The van der Waals surface area contributed by atoms with Gasteiger partial charge in [0, 0.05) is 18.0 Å². The number of hydrogen-bond donors (Lipinski definition) is 3. The highest BCUT2D eigenvalue weighted by atomic mass is 35.5. The molecule has 35 heavy (non-hydrogen) atoms. The van der Waals surface area contributed by atoms with E-state index in [4.69, 9.17) is 21.4 Å². The Labute approximate surface area is 207 Å². The van der Waals surface area contributed by atoms with E-state index >= 15 is 0 Å². The van der Waals surface area contributed by atoms with Crippen LogP contribution >= 0.6 is 11.6 Å². The van der Waals surface area contributed by atoms with Gasteiger partial charge in [-0.2, -0.15) is 0 Å². The summed E-state index contributed by atoms with van der Waals surface area (Å²) in [6.07, 6.45) is -0.112. The van der Waals surface area contributed by atoms with E-state index in [1.54, 1.807) is 6.07 Å². The molecule has 0 aromatic heterocycles. The first-order valence-electron chi connectivity index (χ1n) is 11.3. The van der Waals surface area contributed by atoms with Gasteiger partial charge < -0.3 is 15.2 Å². The molecule has 0 aliphatic heterocycles. The van der Waals surface area contributed by atoms with E-state index in [2.05, 4.69) is 22.8 Å². The van der Waals surface area contributed by atoms with Gasteiger partial charge in [0.2, 0.25) is 0 Å². The first-order chi connectivity index (χ1) is 16.9. The van der Waals surface area contributed by atoms with Crippen LogP contribution in [0.3, 0.4) is 0 Å². The van der Waals surface area contributed by atoms with Crippen LogP contribution in [0, 0.1) is 11.8 Å². The molecule has 5 rings (SSSR count). The third kappa shape index (κ3) is 4.72. The fourth-order valence-corrected chi connectivity index (χ4v) is 4.77. The van der Waals surface area contributed by atoms with Gasteiger partial charge >= 0.3 is 12.1 Å². The van der Waals surface area contributed by atoms with Crippen LogP contribution in [0.15, 0.2) is 66.7 Å². The number of carbonyl (C=O) groups excluding carboxylic acids is 2. The van der Waals surface area contributed by atoms with Gasteiger partial charge in [-0.15, -0.1) is 0 Å².